The molecule has 0 fully saturated rings. The van der Waals surface area contributed by atoms with E-state index in [1.807, 2.05) is 19.9 Å². The molecule has 0 amide bonds. The lowest BCUT2D eigenvalue weighted by Gasteiger charge is -2.15. The summed E-state index contributed by atoms with van der Waals surface area (Å²) in [5.74, 6) is 1.14. The summed E-state index contributed by atoms with van der Waals surface area (Å²) in [6.07, 6.45) is 0. The van der Waals surface area contributed by atoms with Crippen molar-refractivity contribution in [2.24, 2.45) is 0 Å². The molecule has 1 N–H and O–H groups in total. The Bertz CT molecular complexity index is 346. The zero-order valence-corrected chi connectivity index (χ0v) is 11.1. The fourth-order valence-corrected chi connectivity index (χ4v) is 1.78. The molecule has 3 heteroatoms. The molecule has 0 saturated heterocycles. The van der Waals surface area contributed by atoms with Crippen molar-refractivity contribution in [1.29, 1.82) is 0 Å². The summed E-state index contributed by atoms with van der Waals surface area (Å²) < 4.78 is 5.43. The Morgan fingerprint density at radius 1 is 1.27 bits per heavy atom. The third-order valence-electron chi connectivity index (χ3n) is 2.26. The van der Waals surface area contributed by atoms with E-state index in [0.717, 1.165) is 11.1 Å². The number of phenolic OH excluding ortho intramolecular Hbond substituents is 1. The number of aromatic hydroxyl groups is 1. The molecule has 1 aromatic carbocycles. The molecule has 0 aliphatic rings. The first-order valence-corrected chi connectivity index (χ1v) is 5.97. The Kier molecular flexibility index (Phi) is 4.03. The van der Waals surface area contributed by atoms with E-state index in [2.05, 4.69) is 29.8 Å². The number of phenols is 1. The van der Waals surface area contributed by atoms with Gasteiger partial charge in [0.25, 0.3) is 0 Å². The number of rotatable bonds is 3. The van der Waals surface area contributed by atoms with Gasteiger partial charge in [0.2, 0.25) is 0 Å². The molecule has 0 aromatic heterocycles. The predicted molar refractivity (Wildman–Crippen MR) is 65.9 cm³/mol. The van der Waals surface area contributed by atoms with Gasteiger partial charge in [-0.05, 0) is 59.0 Å². The molecular weight excluding hydrogens is 256 g/mol. The van der Waals surface area contributed by atoms with E-state index in [-0.39, 0.29) is 10.8 Å². The fraction of sp³-hybridized carbons (Fsp3) is 0.500. The summed E-state index contributed by atoms with van der Waals surface area (Å²) in [6, 6.07) is 3.66. The number of halogens is 1. The van der Waals surface area contributed by atoms with Crippen molar-refractivity contribution >= 4 is 15.9 Å². The summed E-state index contributed by atoms with van der Waals surface area (Å²) in [5.41, 5.74) is 2.30. The molecule has 84 valence electrons. The van der Waals surface area contributed by atoms with Crippen molar-refractivity contribution in [3.05, 3.63) is 23.3 Å². The third-order valence-corrected chi connectivity index (χ3v) is 2.45. The molecule has 1 aromatic rings. The second-order valence-electron chi connectivity index (χ2n) is 3.99. The fourth-order valence-electron chi connectivity index (χ4n) is 1.58. The zero-order valence-electron chi connectivity index (χ0n) is 9.54. The van der Waals surface area contributed by atoms with Gasteiger partial charge >= 0.3 is 0 Å². The number of hydrogen-bond donors (Lipinski definition) is 1. The van der Waals surface area contributed by atoms with Gasteiger partial charge < -0.3 is 9.84 Å². The minimum absolute atomic E-state index is 0.104. The average Bonchev–Trinajstić information content (AvgIpc) is 2.09. The number of hydrogen-bond acceptors (Lipinski definition) is 2. The van der Waals surface area contributed by atoms with Crippen LogP contribution in [0, 0.1) is 6.92 Å². The molecule has 1 atom stereocenters. The summed E-state index contributed by atoms with van der Waals surface area (Å²) in [4.78, 5) is 0. The Morgan fingerprint density at radius 2 is 1.87 bits per heavy atom. The first-order chi connectivity index (χ1) is 6.91. The number of benzene rings is 1. The van der Waals surface area contributed by atoms with Crippen LogP contribution in [0.25, 0.3) is 0 Å². The van der Waals surface area contributed by atoms with Crippen LogP contribution in [0.3, 0.4) is 0 Å². The molecule has 15 heavy (non-hydrogen) atoms. The third kappa shape index (κ3) is 3.13. The standard InChI is InChI=1S/C12H17BrO2/c1-7(2)10-6-11(14)12(5-8(10)3)15-9(4)13/h5-7,9,14H,1-4H3. The minimum atomic E-state index is -0.104. The van der Waals surface area contributed by atoms with Crippen LogP contribution in [0.4, 0.5) is 0 Å². The van der Waals surface area contributed by atoms with Crippen LogP contribution >= 0.6 is 15.9 Å². The molecule has 0 spiro atoms. The van der Waals surface area contributed by atoms with Gasteiger partial charge in [0.15, 0.2) is 16.5 Å². The maximum Gasteiger partial charge on any atom is 0.162 e. The second kappa shape index (κ2) is 4.88. The Hall–Kier alpha value is -0.700. The van der Waals surface area contributed by atoms with Crippen LogP contribution in [-0.4, -0.2) is 10.1 Å². The van der Waals surface area contributed by atoms with E-state index in [1.165, 1.54) is 0 Å². The van der Waals surface area contributed by atoms with Crippen molar-refractivity contribution in [3.63, 3.8) is 0 Å². The van der Waals surface area contributed by atoms with Crippen molar-refractivity contribution in [2.75, 3.05) is 0 Å². The van der Waals surface area contributed by atoms with E-state index in [0.29, 0.717) is 11.7 Å². The molecular formula is C12H17BrO2. The molecule has 1 unspecified atom stereocenters. The molecule has 0 radical (unpaired) electrons. The van der Waals surface area contributed by atoms with Gasteiger partial charge in [0, 0.05) is 0 Å². The van der Waals surface area contributed by atoms with Crippen LogP contribution in [0.1, 0.15) is 37.8 Å². The van der Waals surface area contributed by atoms with Crippen molar-refractivity contribution in [1.82, 2.24) is 0 Å². The van der Waals surface area contributed by atoms with Crippen molar-refractivity contribution in [2.45, 2.75) is 38.6 Å². The minimum Gasteiger partial charge on any atom is -0.504 e. The normalized spacial score (nSPS) is 12.9. The molecule has 2 nitrogen and oxygen atoms in total. The smallest absolute Gasteiger partial charge is 0.162 e. The van der Waals surface area contributed by atoms with E-state index >= 15 is 0 Å². The predicted octanol–water partition coefficient (Wildman–Crippen LogP) is 3.94. The van der Waals surface area contributed by atoms with Gasteiger partial charge in [-0.15, -0.1) is 0 Å². The first kappa shape index (κ1) is 12.4. The van der Waals surface area contributed by atoms with Crippen LogP contribution in [0.5, 0.6) is 11.5 Å². The van der Waals surface area contributed by atoms with Crippen molar-refractivity contribution < 1.29 is 9.84 Å². The summed E-state index contributed by atoms with van der Waals surface area (Å²) in [6.45, 7) is 8.11. The van der Waals surface area contributed by atoms with Gasteiger partial charge in [-0.25, -0.2) is 0 Å². The van der Waals surface area contributed by atoms with Gasteiger partial charge in [-0.2, -0.15) is 0 Å². The monoisotopic (exact) mass is 272 g/mol. The highest BCUT2D eigenvalue weighted by Crippen LogP contribution is 2.33. The van der Waals surface area contributed by atoms with Gasteiger partial charge in [-0.3, -0.25) is 0 Å². The molecule has 0 aliphatic carbocycles. The molecule has 0 aliphatic heterocycles. The highest BCUT2D eigenvalue weighted by atomic mass is 79.9. The largest absolute Gasteiger partial charge is 0.504 e. The SMILES string of the molecule is Cc1cc(OC(C)Br)c(O)cc1C(C)C. The Morgan fingerprint density at radius 3 is 2.33 bits per heavy atom. The average molecular weight is 273 g/mol. The second-order valence-corrected chi connectivity index (χ2v) is 5.28. The van der Waals surface area contributed by atoms with Crippen LogP contribution in [0.15, 0.2) is 12.1 Å². The lowest BCUT2D eigenvalue weighted by atomic mass is 9.97. The summed E-state index contributed by atoms with van der Waals surface area (Å²) in [7, 11) is 0. The van der Waals surface area contributed by atoms with E-state index in [1.54, 1.807) is 6.07 Å². The van der Waals surface area contributed by atoms with Gasteiger partial charge in [-0.1, -0.05) is 13.8 Å². The Balaban J connectivity index is 3.08. The van der Waals surface area contributed by atoms with E-state index in [9.17, 15) is 5.11 Å². The highest BCUT2D eigenvalue weighted by molar-refractivity contribution is 9.09. The quantitative estimate of drug-likeness (QED) is 0.845. The number of ether oxygens (including phenoxy) is 1. The van der Waals surface area contributed by atoms with Crippen LogP contribution in [0.2, 0.25) is 0 Å². The summed E-state index contributed by atoms with van der Waals surface area (Å²) >= 11 is 3.28. The number of alkyl halides is 1. The molecule has 0 heterocycles. The first-order valence-electron chi connectivity index (χ1n) is 5.06. The van der Waals surface area contributed by atoms with Gasteiger partial charge in [0.05, 0.1) is 0 Å². The van der Waals surface area contributed by atoms with Crippen LogP contribution < -0.4 is 4.74 Å². The maximum absolute atomic E-state index is 9.77. The summed E-state index contributed by atoms with van der Waals surface area (Å²) in [5, 5.41) is 9.66. The molecule has 0 bridgehead atoms. The topological polar surface area (TPSA) is 29.5 Å². The van der Waals surface area contributed by atoms with Crippen LogP contribution in [-0.2, 0) is 0 Å². The lowest BCUT2D eigenvalue weighted by molar-refractivity contribution is 0.295. The van der Waals surface area contributed by atoms with Gasteiger partial charge in [0.1, 0.15) is 0 Å². The zero-order chi connectivity index (χ0) is 11.6. The maximum atomic E-state index is 9.77. The Labute approximate surface area is 99.4 Å². The van der Waals surface area contributed by atoms with E-state index < -0.39 is 0 Å². The number of aryl methyl sites for hydroxylation is 1. The van der Waals surface area contributed by atoms with E-state index in [4.69, 9.17) is 4.74 Å². The molecule has 0 saturated carbocycles. The lowest BCUT2D eigenvalue weighted by Crippen LogP contribution is -2.03. The highest BCUT2D eigenvalue weighted by Gasteiger charge is 2.11. The van der Waals surface area contributed by atoms with Crippen molar-refractivity contribution in [3.8, 4) is 11.5 Å². The molecule has 1 rings (SSSR count).